The van der Waals surface area contributed by atoms with Crippen molar-refractivity contribution in [1.29, 1.82) is 0 Å². The highest BCUT2D eigenvalue weighted by atomic mass is 16.5. The smallest absolute Gasteiger partial charge is 0.213 e. The molecule has 24 heavy (non-hydrogen) atoms. The molecule has 5 nitrogen and oxygen atoms in total. The third kappa shape index (κ3) is 3.88. The standard InChI is InChI=1S/C18H20BN3O2/c1-13-3-6-18(20-11-13)24-14-7-9-22(12-14)16-4-5-17(19)21-15(16)8-10-23-2/h3-6,8,10-11,14H,7,9,12H2,1-2H3/b10-8+/t14-/m0/s1. The van der Waals surface area contributed by atoms with Crippen LogP contribution >= 0.6 is 0 Å². The zero-order valence-electron chi connectivity index (χ0n) is 14.0. The number of pyridine rings is 2. The van der Waals surface area contributed by atoms with Crippen LogP contribution in [0.3, 0.4) is 0 Å². The van der Waals surface area contributed by atoms with E-state index < -0.39 is 0 Å². The number of aromatic nitrogens is 2. The Hall–Kier alpha value is -2.50. The molecule has 0 spiro atoms. The number of nitrogens with zero attached hydrogens (tertiary/aromatic N) is 3. The molecule has 1 fully saturated rings. The number of hydrogen-bond donors (Lipinski definition) is 0. The molecule has 122 valence electrons. The third-order valence-corrected chi connectivity index (χ3v) is 3.94. The molecule has 0 amide bonds. The Morgan fingerprint density at radius 3 is 2.92 bits per heavy atom. The van der Waals surface area contributed by atoms with Crippen LogP contribution < -0.4 is 15.2 Å². The van der Waals surface area contributed by atoms with Gasteiger partial charge >= 0.3 is 0 Å². The Morgan fingerprint density at radius 2 is 2.17 bits per heavy atom. The second-order valence-electron chi connectivity index (χ2n) is 5.83. The van der Waals surface area contributed by atoms with Gasteiger partial charge in [-0.3, -0.25) is 4.98 Å². The maximum atomic E-state index is 5.99. The molecule has 1 aliphatic rings. The molecule has 0 aliphatic carbocycles. The van der Waals surface area contributed by atoms with Crippen molar-refractivity contribution in [3.63, 3.8) is 0 Å². The lowest BCUT2D eigenvalue weighted by molar-refractivity contribution is 0.216. The summed E-state index contributed by atoms with van der Waals surface area (Å²) in [5.41, 5.74) is 3.44. The summed E-state index contributed by atoms with van der Waals surface area (Å²) in [4.78, 5) is 11.0. The highest BCUT2D eigenvalue weighted by Crippen LogP contribution is 2.25. The van der Waals surface area contributed by atoms with Crippen molar-refractivity contribution in [3.8, 4) is 5.88 Å². The van der Waals surface area contributed by atoms with Crippen molar-refractivity contribution in [2.45, 2.75) is 19.4 Å². The van der Waals surface area contributed by atoms with E-state index in [1.165, 1.54) is 0 Å². The lowest BCUT2D eigenvalue weighted by atomic mass is 10.0. The molecule has 1 atom stereocenters. The van der Waals surface area contributed by atoms with E-state index in [1.54, 1.807) is 13.4 Å². The first kappa shape index (κ1) is 16.4. The molecule has 6 heteroatoms. The highest BCUT2D eigenvalue weighted by molar-refractivity contribution is 6.30. The van der Waals surface area contributed by atoms with Crippen LogP contribution in [-0.2, 0) is 4.74 Å². The molecule has 0 aromatic carbocycles. The largest absolute Gasteiger partial charge is 0.504 e. The van der Waals surface area contributed by atoms with Crippen molar-refractivity contribution in [1.82, 2.24) is 9.97 Å². The quantitative estimate of drug-likeness (QED) is 0.621. The molecule has 2 aromatic heterocycles. The fourth-order valence-electron chi connectivity index (χ4n) is 2.74. The zero-order valence-corrected chi connectivity index (χ0v) is 14.0. The van der Waals surface area contributed by atoms with Gasteiger partial charge in [0.1, 0.15) is 14.0 Å². The molecule has 3 rings (SSSR count). The van der Waals surface area contributed by atoms with Crippen LogP contribution in [0.15, 0.2) is 36.7 Å². The van der Waals surface area contributed by atoms with E-state index in [9.17, 15) is 0 Å². The Bertz CT molecular complexity index is 719. The average molecular weight is 321 g/mol. The van der Waals surface area contributed by atoms with Gasteiger partial charge in [0.15, 0.2) is 0 Å². The molecule has 0 unspecified atom stereocenters. The summed E-state index contributed by atoms with van der Waals surface area (Å²) in [6, 6.07) is 7.72. The van der Waals surface area contributed by atoms with Gasteiger partial charge in [0.25, 0.3) is 0 Å². The summed E-state index contributed by atoms with van der Waals surface area (Å²) in [5, 5.41) is 0. The first-order valence-corrected chi connectivity index (χ1v) is 7.96. The van der Waals surface area contributed by atoms with Crippen molar-refractivity contribution in [2.24, 2.45) is 0 Å². The van der Waals surface area contributed by atoms with E-state index in [-0.39, 0.29) is 6.10 Å². The first-order valence-electron chi connectivity index (χ1n) is 7.96. The van der Waals surface area contributed by atoms with Gasteiger partial charge in [-0.1, -0.05) is 6.07 Å². The topological polar surface area (TPSA) is 47.5 Å². The van der Waals surface area contributed by atoms with Gasteiger partial charge in [0.05, 0.1) is 31.3 Å². The van der Waals surface area contributed by atoms with E-state index in [2.05, 4.69) is 14.9 Å². The van der Waals surface area contributed by atoms with Gasteiger partial charge in [0.2, 0.25) is 5.88 Å². The molecule has 2 radical (unpaired) electrons. The number of methoxy groups -OCH3 is 1. The van der Waals surface area contributed by atoms with Gasteiger partial charge in [-0.2, -0.15) is 0 Å². The number of hydrogen-bond acceptors (Lipinski definition) is 5. The Balaban J connectivity index is 1.71. The van der Waals surface area contributed by atoms with Crippen molar-refractivity contribution in [3.05, 3.63) is 48.0 Å². The second kappa shape index (κ2) is 7.38. The number of anilines is 1. The normalized spacial score (nSPS) is 17.4. The minimum Gasteiger partial charge on any atom is -0.504 e. The van der Waals surface area contributed by atoms with Crippen molar-refractivity contribution < 1.29 is 9.47 Å². The molecule has 0 bridgehead atoms. The van der Waals surface area contributed by atoms with E-state index >= 15 is 0 Å². The predicted octanol–water partition coefficient (Wildman–Crippen LogP) is 1.85. The molecule has 3 heterocycles. The summed E-state index contributed by atoms with van der Waals surface area (Å²) in [6.07, 6.45) is 6.29. The van der Waals surface area contributed by atoms with E-state index in [1.807, 2.05) is 43.5 Å². The Morgan fingerprint density at radius 1 is 1.29 bits per heavy atom. The monoisotopic (exact) mass is 321 g/mol. The average Bonchev–Trinajstić information content (AvgIpc) is 3.03. The molecule has 0 N–H and O–H groups in total. The lowest BCUT2D eigenvalue weighted by Gasteiger charge is -2.21. The first-order chi connectivity index (χ1) is 11.7. The summed E-state index contributed by atoms with van der Waals surface area (Å²) < 4.78 is 11.0. The number of ether oxygens (including phenoxy) is 2. The predicted molar refractivity (Wildman–Crippen MR) is 95.9 cm³/mol. The lowest BCUT2D eigenvalue weighted by Crippen LogP contribution is -2.26. The Labute approximate surface area is 143 Å². The fraction of sp³-hybridized carbons (Fsp3) is 0.333. The molecular formula is C18H20BN3O2. The molecule has 1 saturated heterocycles. The second-order valence-corrected chi connectivity index (χ2v) is 5.83. The van der Waals surface area contributed by atoms with Crippen LogP contribution in [0.25, 0.3) is 6.08 Å². The number of aryl methyl sites for hydroxylation is 1. The summed E-state index contributed by atoms with van der Waals surface area (Å²) in [6.45, 7) is 3.70. The van der Waals surface area contributed by atoms with Crippen molar-refractivity contribution in [2.75, 3.05) is 25.1 Å². The van der Waals surface area contributed by atoms with E-state index in [4.69, 9.17) is 17.3 Å². The molecule has 0 saturated carbocycles. The van der Waals surface area contributed by atoms with E-state index in [0.29, 0.717) is 11.5 Å². The SMILES string of the molecule is [B]c1ccc(N2CC[C@H](Oc3ccc(C)cn3)C2)c(/C=C/OC)n1. The Kier molecular flexibility index (Phi) is 5.03. The van der Waals surface area contributed by atoms with Crippen LogP contribution in [0.2, 0.25) is 0 Å². The van der Waals surface area contributed by atoms with Crippen LogP contribution in [0.1, 0.15) is 17.7 Å². The zero-order chi connectivity index (χ0) is 16.9. The van der Waals surface area contributed by atoms with Crippen LogP contribution in [-0.4, -0.2) is 44.1 Å². The van der Waals surface area contributed by atoms with Gasteiger partial charge in [-0.15, -0.1) is 0 Å². The fourth-order valence-corrected chi connectivity index (χ4v) is 2.74. The third-order valence-electron chi connectivity index (χ3n) is 3.94. The molecule has 2 aromatic rings. The van der Waals surface area contributed by atoms with Crippen LogP contribution in [0.5, 0.6) is 5.88 Å². The minimum absolute atomic E-state index is 0.108. The van der Waals surface area contributed by atoms with Gasteiger partial charge in [0, 0.05) is 31.3 Å². The highest BCUT2D eigenvalue weighted by Gasteiger charge is 2.26. The van der Waals surface area contributed by atoms with Crippen LogP contribution in [0, 0.1) is 6.92 Å². The van der Waals surface area contributed by atoms with Gasteiger partial charge in [-0.25, -0.2) is 4.98 Å². The summed E-state index contributed by atoms with van der Waals surface area (Å²) in [7, 11) is 7.41. The summed E-state index contributed by atoms with van der Waals surface area (Å²) in [5.74, 6) is 0.669. The molecular weight excluding hydrogens is 301 g/mol. The van der Waals surface area contributed by atoms with Gasteiger partial charge < -0.3 is 14.4 Å². The van der Waals surface area contributed by atoms with E-state index in [0.717, 1.165) is 36.5 Å². The number of rotatable bonds is 5. The minimum atomic E-state index is 0.108. The van der Waals surface area contributed by atoms with Crippen molar-refractivity contribution >= 4 is 25.2 Å². The summed E-state index contributed by atoms with van der Waals surface area (Å²) >= 11 is 0. The maximum Gasteiger partial charge on any atom is 0.213 e. The van der Waals surface area contributed by atoms with Gasteiger partial charge in [-0.05, 0) is 30.2 Å². The molecule has 1 aliphatic heterocycles. The van der Waals surface area contributed by atoms with Crippen LogP contribution in [0.4, 0.5) is 5.69 Å². The maximum absolute atomic E-state index is 5.99.